The van der Waals surface area contributed by atoms with Gasteiger partial charge in [0, 0.05) is 5.54 Å². The highest BCUT2D eigenvalue weighted by atomic mass is 35.5. The lowest BCUT2D eigenvalue weighted by Crippen LogP contribution is -1.96. The zero-order chi connectivity index (χ0) is 11.4. The van der Waals surface area contributed by atoms with Crippen LogP contribution in [0, 0.1) is 6.92 Å². The summed E-state index contributed by atoms with van der Waals surface area (Å²) in [7, 11) is 1.71. The van der Waals surface area contributed by atoms with E-state index in [2.05, 4.69) is 32.9 Å². The average molecular weight is 225 g/mol. The van der Waals surface area contributed by atoms with Crippen LogP contribution in [0.5, 0.6) is 5.75 Å². The first-order valence-corrected chi connectivity index (χ1v) is 5.49. The fraction of sp³-hybridized carbons (Fsp3) is 0.385. The average Bonchev–Trinajstić information content (AvgIpc) is 2.20. The van der Waals surface area contributed by atoms with Crippen LogP contribution >= 0.6 is 11.6 Å². The summed E-state index contributed by atoms with van der Waals surface area (Å²) in [5.74, 6) is 1.40. The summed E-state index contributed by atoms with van der Waals surface area (Å²) >= 11 is 5.60. The van der Waals surface area contributed by atoms with Crippen LogP contribution in [0.2, 0.25) is 0 Å². The Kier molecular flexibility index (Phi) is 4.22. The van der Waals surface area contributed by atoms with Crippen LogP contribution in [0.1, 0.15) is 36.5 Å². The molecule has 1 rings (SSSR count). The number of ether oxygens (including phenoxy) is 1. The smallest absolute Gasteiger partial charge is 0.122 e. The molecule has 0 atom stereocenters. The van der Waals surface area contributed by atoms with Gasteiger partial charge in [0.05, 0.1) is 7.11 Å². The van der Waals surface area contributed by atoms with Crippen molar-refractivity contribution in [2.24, 2.45) is 0 Å². The Hall–Kier alpha value is -0.950. The lowest BCUT2D eigenvalue weighted by atomic mass is 9.96. The zero-order valence-corrected chi connectivity index (χ0v) is 10.4. The summed E-state index contributed by atoms with van der Waals surface area (Å²) in [5.41, 5.74) is 5.08. The van der Waals surface area contributed by atoms with Crippen LogP contribution in [0.15, 0.2) is 17.7 Å². The summed E-state index contributed by atoms with van der Waals surface area (Å²) in [6, 6.07) is 4.19. The standard InChI is InChI=1S/C13H17ClO/c1-9(2)12-8-11(5-6-14)10(3)7-13(12)15-4/h5-9H,1-4H3. The van der Waals surface area contributed by atoms with E-state index < -0.39 is 0 Å². The van der Waals surface area contributed by atoms with Crippen molar-refractivity contribution in [1.82, 2.24) is 0 Å². The second-order valence-electron chi connectivity index (χ2n) is 3.90. The van der Waals surface area contributed by atoms with Gasteiger partial charge in [-0.3, -0.25) is 0 Å². The summed E-state index contributed by atoms with van der Waals surface area (Å²) in [6.45, 7) is 6.36. The van der Waals surface area contributed by atoms with Gasteiger partial charge in [0.25, 0.3) is 0 Å². The Balaban J connectivity index is 3.30. The summed E-state index contributed by atoms with van der Waals surface area (Å²) in [5, 5.41) is 0. The van der Waals surface area contributed by atoms with E-state index in [1.54, 1.807) is 12.6 Å². The Labute approximate surface area is 96.7 Å². The van der Waals surface area contributed by atoms with Crippen molar-refractivity contribution in [2.45, 2.75) is 26.7 Å². The number of hydrogen-bond donors (Lipinski definition) is 0. The highest BCUT2D eigenvalue weighted by Gasteiger charge is 2.09. The normalized spacial score (nSPS) is 11.3. The second kappa shape index (κ2) is 5.22. The van der Waals surface area contributed by atoms with Crippen molar-refractivity contribution in [3.8, 4) is 5.75 Å². The molecule has 0 aliphatic heterocycles. The second-order valence-corrected chi connectivity index (χ2v) is 4.15. The van der Waals surface area contributed by atoms with Crippen LogP contribution in [0.4, 0.5) is 0 Å². The van der Waals surface area contributed by atoms with E-state index in [0.29, 0.717) is 5.92 Å². The van der Waals surface area contributed by atoms with Crippen molar-refractivity contribution < 1.29 is 4.74 Å². The molecule has 0 aromatic heterocycles. The van der Waals surface area contributed by atoms with Crippen molar-refractivity contribution in [3.05, 3.63) is 34.4 Å². The lowest BCUT2D eigenvalue weighted by Gasteiger charge is -2.14. The van der Waals surface area contributed by atoms with E-state index in [0.717, 1.165) is 11.3 Å². The summed E-state index contributed by atoms with van der Waals surface area (Å²) < 4.78 is 5.36. The van der Waals surface area contributed by atoms with Crippen molar-refractivity contribution >= 4 is 17.7 Å². The summed E-state index contributed by atoms with van der Waals surface area (Å²) in [6.07, 6.45) is 1.90. The van der Waals surface area contributed by atoms with E-state index in [4.69, 9.17) is 16.3 Å². The SMILES string of the molecule is COc1cc(C)c(C=CCl)cc1C(C)C. The molecule has 82 valence electrons. The minimum Gasteiger partial charge on any atom is -0.496 e. The van der Waals surface area contributed by atoms with Gasteiger partial charge in [-0.05, 0) is 47.7 Å². The van der Waals surface area contributed by atoms with Gasteiger partial charge in [0.1, 0.15) is 5.75 Å². The molecule has 0 bridgehead atoms. The third-order valence-corrected chi connectivity index (χ3v) is 2.61. The van der Waals surface area contributed by atoms with Crippen LogP contribution in [0.25, 0.3) is 6.08 Å². The molecular formula is C13H17ClO. The predicted molar refractivity (Wildman–Crippen MR) is 66.7 cm³/mol. The number of hydrogen-bond acceptors (Lipinski definition) is 1. The molecule has 0 aliphatic carbocycles. The van der Waals surface area contributed by atoms with Gasteiger partial charge in [-0.15, -0.1) is 0 Å². The van der Waals surface area contributed by atoms with Gasteiger partial charge in [-0.2, -0.15) is 0 Å². The predicted octanol–water partition coefficient (Wildman–Crippen LogP) is 4.34. The maximum Gasteiger partial charge on any atom is 0.122 e. The van der Waals surface area contributed by atoms with E-state index in [-0.39, 0.29) is 0 Å². The molecule has 0 unspecified atom stereocenters. The first-order chi connectivity index (χ1) is 7.10. The van der Waals surface area contributed by atoms with Crippen molar-refractivity contribution in [3.63, 3.8) is 0 Å². The maximum atomic E-state index is 5.60. The lowest BCUT2D eigenvalue weighted by molar-refractivity contribution is 0.407. The minimum absolute atomic E-state index is 0.447. The molecule has 1 nitrogen and oxygen atoms in total. The molecule has 0 radical (unpaired) electrons. The largest absolute Gasteiger partial charge is 0.496 e. The van der Waals surface area contributed by atoms with Gasteiger partial charge in [0.2, 0.25) is 0 Å². The van der Waals surface area contributed by atoms with Crippen molar-refractivity contribution in [2.75, 3.05) is 7.11 Å². The third kappa shape index (κ3) is 2.75. The topological polar surface area (TPSA) is 9.23 Å². The molecule has 1 aromatic rings. The maximum absolute atomic E-state index is 5.60. The number of rotatable bonds is 3. The minimum atomic E-state index is 0.447. The van der Waals surface area contributed by atoms with E-state index in [1.165, 1.54) is 11.1 Å². The highest BCUT2D eigenvalue weighted by Crippen LogP contribution is 2.30. The zero-order valence-electron chi connectivity index (χ0n) is 9.67. The summed E-state index contributed by atoms with van der Waals surface area (Å²) in [4.78, 5) is 0. The van der Waals surface area contributed by atoms with E-state index in [9.17, 15) is 0 Å². The first-order valence-electron chi connectivity index (χ1n) is 5.05. The van der Waals surface area contributed by atoms with Gasteiger partial charge in [-0.25, -0.2) is 0 Å². The monoisotopic (exact) mass is 224 g/mol. The molecule has 2 heteroatoms. The van der Waals surface area contributed by atoms with E-state index in [1.807, 2.05) is 6.08 Å². The molecule has 0 aliphatic rings. The Morgan fingerprint density at radius 2 is 2.00 bits per heavy atom. The molecule has 0 amide bonds. The molecule has 15 heavy (non-hydrogen) atoms. The fourth-order valence-electron chi connectivity index (χ4n) is 1.59. The first kappa shape index (κ1) is 12.1. The highest BCUT2D eigenvalue weighted by molar-refractivity contribution is 6.27. The quantitative estimate of drug-likeness (QED) is 0.742. The van der Waals surface area contributed by atoms with Crippen LogP contribution in [0.3, 0.4) is 0 Å². The van der Waals surface area contributed by atoms with Crippen molar-refractivity contribution in [1.29, 1.82) is 0 Å². The Morgan fingerprint density at radius 3 is 2.47 bits per heavy atom. The van der Waals surface area contributed by atoms with Gasteiger partial charge < -0.3 is 4.74 Å². The number of methoxy groups -OCH3 is 1. The molecule has 0 saturated heterocycles. The molecule has 0 spiro atoms. The van der Waals surface area contributed by atoms with Crippen LogP contribution < -0.4 is 4.74 Å². The van der Waals surface area contributed by atoms with Gasteiger partial charge >= 0.3 is 0 Å². The molecule has 1 aromatic carbocycles. The van der Waals surface area contributed by atoms with E-state index >= 15 is 0 Å². The molecule has 0 N–H and O–H groups in total. The Morgan fingerprint density at radius 1 is 1.33 bits per heavy atom. The molecule has 0 heterocycles. The number of aryl methyl sites for hydroxylation is 1. The number of halogens is 1. The fourth-order valence-corrected chi connectivity index (χ4v) is 1.73. The number of benzene rings is 1. The Bertz CT molecular complexity index is 367. The third-order valence-electron chi connectivity index (χ3n) is 2.48. The molecule has 0 fully saturated rings. The van der Waals surface area contributed by atoms with Crippen LogP contribution in [-0.2, 0) is 0 Å². The van der Waals surface area contributed by atoms with Gasteiger partial charge in [0.15, 0.2) is 0 Å². The molecule has 0 saturated carbocycles. The van der Waals surface area contributed by atoms with Crippen LogP contribution in [-0.4, -0.2) is 7.11 Å². The molecular weight excluding hydrogens is 208 g/mol. The van der Waals surface area contributed by atoms with Gasteiger partial charge in [-0.1, -0.05) is 25.4 Å².